The summed E-state index contributed by atoms with van der Waals surface area (Å²) in [5.74, 6) is 0.959. The Bertz CT molecular complexity index is 1170. The van der Waals surface area contributed by atoms with Crippen LogP contribution in [0, 0.1) is 6.92 Å². The minimum Gasteiger partial charge on any atom is -0.338 e. The van der Waals surface area contributed by atoms with Gasteiger partial charge in [-0.05, 0) is 31.2 Å². The highest BCUT2D eigenvalue weighted by Crippen LogP contribution is 2.18. The van der Waals surface area contributed by atoms with E-state index in [9.17, 15) is 13.2 Å². The number of rotatable bonds is 5. The van der Waals surface area contributed by atoms with E-state index in [-0.39, 0.29) is 10.8 Å². The van der Waals surface area contributed by atoms with Gasteiger partial charge in [0.2, 0.25) is 21.7 Å². The molecule has 162 valence electrons. The minimum absolute atomic E-state index is 0.0153. The van der Waals surface area contributed by atoms with E-state index in [1.54, 1.807) is 4.90 Å². The van der Waals surface area contributed by atoms with Gasteiger partial charge >= 0.3 is 0 Å². The average molecular weight is 442 g/mol. The van der Waals surface area contributed by atoms with E-state index >= 15 is 0 Å². The first-order valence-corrected chi connectivity index (χ1v) is 11.4. The molecule has 2 N–H and O–H groups in total. The van der Waals surface area contributed by atoms with Crippen molar-refractivity contribution in [1.82, 2.24) is 19.9 Å². The van der Waals surface area contributed by atoms with Crippen LogP contribution in [0.2, 0.25) is 0 Å². The van der Waals surface area contributed by atoms with Crippen LogP contribution in [0.15, 0.2) is 57.9 Å². The zero-order chi connectivity index (χ0) is 22.0. The molecular formula is C21H23N5O4S. The van der Waals surface area contributed by atoms with Crippen molar-refractivity contribution < 1.29 is 17.7 Å². The number of nitrogens with zero attached hydrogens (tertiary/aromatic N) is 4. The summed E-state index contributed by atoms with van der Waals surface area (Å²) in [5.41, 5.74) is 2.50. The normalized spacial score (nSPS) is 15.2. The van der Waals surface area contributed by atoms with E-state index in [1.807, 2.05) is 31.2 Å². The van der Waals surface area contributed by atoms with Crippen molar-refractivity contribution in [3.05, 3.63) is 65.5 Å². The van der Waals surface area contributed by atoms with E-state index in [2.05, 4.69) is 15.0 Å². The Hall–Kier alpha value is -3.08. The summed E-state index contributed by atoms with van der Waals surface area (Å²) in [6.45, 7) is 4.98. The number of carbonyl (C=O) groups excluding carboxylic acids is 1. The highest BCUT2D eigenvalue weighted by Gasteiger charge is 2.24. The van der Waals surface area contributed by atoms with Crippen molar-refractivity contribution >= 4 is 15.9 Å². The molecule has 0 radical (unpaired) electrons. The first kappa shape index (κ1) is 21.2. The number of primary sulfonamides is 1. The van der Waals surface area contributed by atoms with Crippen LogP contribution in [0.3, 0.4) is 0 Å². The first-order chi connectivity index (χ1) is 14.8. The number of aromatic nitrogens is 2. The van der Waals surface area contributed by atoms with Gasteiger partial charge < -0.3 is 9.42 Å². The van der Waals surface area contributed by atoms with Gasteiger partial charge in [-0.3, -0.25) is 9.69 Å². The second-order valence-electron chi connectivity index (χ2n) is 7.52. The molecule has 1 aromatic heterocycles. The lowest BCUT2D eigenvalue weighted by Gasteiger charge is -2.34. The minimum atomic E-state index is -3.78. The van der Waals surface area contributed by atoms with Gasteiger partial charge in [0.15, 0.2) is 0 Å². The van der Waals surface area contributed by atoms with Gasteiger partial charge in [-0.2, -0.15) is 4.98 Å². The average Bonchev–Trinajstić information content (AvgIpc) is 3.22. The molecule has 10 heteroatoms. The lowest BCUT2D eigenvalue weighted by Crippen LogP contribution is -2.48. The second kappa shape index (κ2) is 8.58. The molecule has 0 bridgehead atoms. The molecule has 0 unspecified atom stereocenters. The Kier molecular flexibility index (Phi) is 5.86. The SMILES string of the molecule is Cc1ccc(-c2noc(CN3CCN(C(=O)c4ccc(S(N)(=O)=O)cc4)CC3)n2)cc1. The fourth-order valence-corrected chi connectivity index (χ4v) is 3.92. The maximum atomic E-state index is 12.7. The van der Waals surface area contributed by atoms with E-state index in [0.717, 1.165) is 5.56 Å². The molecule has 9 nitrogen and oxygen atoms in total. The standard InChI is InChI=1S/C21H23N5O4S/c1-15-2-4-16(5-3-15)20-23-19(30-24-20)14-25-10-12-26(13-11-25)21(27)17-6-8-18(9-7-17)31(22,28)29/h2-9H,10-14H2,1H3,(H2,22,28,29). The Morgan fingerprint density at radius 2 is 1.68 bits per heavy atom. The number of amides is 1. The fraction of sp³-hybridized carbons (Fsp3) is 0.286. The number of hydrogen-bond donors (Lipinski definition) is 1. The molecule has 1 aliphatic rings. The van der Waals surface area contributed by atoms with Crippen LogP contribution in [0.5, 0.6) is 0 Å². The molecule has 0 aliphatic carbocycles. The van der Waals surface area contributed by atoms with E-state index < -0.39 is 10.0 Å². The third-order valence-electron chi connectivity index (χ3n) is 5.23. The molecule has 1 aliphatic heterocycles. The van der Waals surface area contributed by atoms with Crippen molar-refractivity contribution in [2.75, 3.05) is 26.2 Å². The van der Waals surface area contributed by atoms with Crippen LogP contribution in [0.1, 0.15) is 21.8 Å². The predicted octanol–water partition coefficient (Wildman–Crippen LogP) is 1.65. The Balaban J connectivity index is 1.33. The number of piperazine rings is 1. The highest BCUT2D eigenvalue weighted by molar-refractivity contribution is 7.89. The topological polar surface area (TPSA) is 123 Å². The number of sulfonamides is 1. The molecule has 1 fully saturated rings. The third-order valence-corrected chi connectivity index (χ3v) is 6.16. The summed E-state index contributed by atoms with van der Waals surface area (Å²) in [7, 11) is -3.78. The van der Waals surface area contributed by atoms with Crippen LogP contribution in [-0.4, -0.2) is 60.4 Å². The maximum absolute atomic E-state index is 12.7. The largest absolute Gasteiger partial charge is 0.338 e. The zero-order valence-electron chi connectivity index (χ0n) is 17.1. The molecule has 1 amide bonds. The summed E-state index contributed by atoms with van der Waals surface area (Å²) in [5, 5.41) is 9.16. The van der Waals surface area contributed by atoms with Crippen LogP contribution < -0.4 is 5.14 Å². The molecular weight excluding hydrogens is 418 g/mol. The summed E-state index contributed by atoms with van der Waals surface area (Å²) in [6.07, 6.45) is 0. The Morgan fingerprint density at radius 3 is 2.29 bits per heavy atom. The fourth-order valence-electron chi connectivity index (χ4n) is 3.41. The number of carbonyl (C=O) groups is 1. The van der Waals surface area contributed by atoms with Crippen molar-refractivity contribution in [3.63, 3.8) is 0 Å². The molecule has 31 heavy (non-hydrogen) atoms. The lowest BCUT2D eigenvalue weighted by atomic mass is 10.1. The van der Waals surface area contributed by atoms with Gasteiger partial charge in [0.25, 0.3) is 5.91 Å². The summed E-state index contributed by atoms with van der Waals surface area (Å²) < 4.78 is 28.1. The molecule has 0 atom stereocenters. The van der Waals surface area contributed by atoms with Crippen molar-refractivity contribution in [3.8, 4) is 11.4 Å². The molecule has 3 aromatic rings. The van der Waals surface area contributed by atoms with Crippen LogP contribution in [0.4, 0.5) is 0 Å². The van der Waals surface area contributed by atoms with Gasteiger partial charge in [0.1, 0.15) is 0 Å². The first-order valence-electron chi connectivity index (χ1n) is 9.84. The predicted molar refractivity (Wildman–Crippen MR) is 113 cm³/mol. The van der Waals surface area contributed by atoms with Crippen molar-refractivity contribution in [2.24, 2.45) is 5.14 Å². The second-order valence-corrected chi connectivity index (χ2v) is 9.08. The number of aryl methyl sites for hydroxylation is 1. The summed E-state index contributed by atoms with van der Waals surface area (Å²) in [6, 6.07) is 13.6. The zero-order valence-corrected chi connectivity index (χ0v) is 17.9. The van der Waals surface area contributed by atoms with Gasteiger partial charge in [-0.25, -0.2) is 13.6 Å². The summed E-state index contributed by atoms with van der Waals surface area (Å²) >= 11 is 0. The molecule has 2 heterocycles. The number of benzene rings is 2. The Morgan fingerprint density at radius 1 is 1.03 bits per heavy atom. The number of hydrogen-bond acceptors (Lipinski definition) is 7. The van der Waals surface area contributed by atoms with Gasteiger partial charge in [-0.15, -0.1) is 0 Å². The van der Waals surface area contributed by atoms with Crippen molar-refractivity contribution in [1.29, 1.82) is 0 Å². The molecule has 4 rings (SSSR count). The lowest BCUT2D eigenvalue weighted by molar-refractivity contribution is 0.0615. The summed E-state index contributed by atoms with van der Waals surface area (Å²) in [4.78, 5) is 21.1. The molecule has 0 saturated carbocycles. The van der Waals surface area contributed by atoms with Gasteiger partial charge in [0.05, 0.1) is 11.4 Å². The Labute approximate surface area is 180 Å². The highest BCUT2D eigenvalue weighted by atomic mass is 32.2. The third kappa shape index (κ3) is 4.98. The van der Waals surface area contributed by atoms with Gasteiger partial charge in [-0.1, -0.05) is 35.0 Å². The monoisotopic (exact) mass is 441 g/mol. The maximum Gasteiger partial charge on any atom is 0.253 e. The van der Waals surface area contributed by atoms with E-state index in [0.29, 0.717) is 50.0 Å². The number of nitrogens with two attached hydrogens (primary N) is 1. The van der Waals surface area contributed by atoms with Crippen LogP contribution in [-0.2, 0) is 16.6 Å². The van der Waals surface area contributed by atoms with Crippen LogP contribution in [0.25, 0.3) is 11.4 Å². The smallest absolute Gasteiger partial charge is 0.253 e. The molecule has 0 spiro atoms. The van der Waals surface area contributed by atoms with Crippen molar-refractivity contribution in [2.45, 2.75) is 18.4 Å². The van der Waals surface area contributed by atoms with Gasteiger partial charge in [0, 0.05) is 37.3 Å². The van der Waals surface area contributed by atoms with E-state index in [4.69, 9.17) is 9.66 Å². The quantitative estimate of drug-likeness (QED) is 0.639. The molecule has 1 saturated heterocycles. The van der Waals surface area contributed by atoms with E-state index in [1.165, 1.54) is 29.8 Å². The molecule has 2 aromatic carbocycles. The van der Waals surface area contributed by atoms with Crippen LogP contribution >= 0.6 is 0 Å².